The van der Waals surface area contributed by atoms with Gasteiger partial charge in [-0.15, -0.1) is 0 Å². The van der Waals surface area contributed by atoms with Crippen LogP contribution in [0.5, 0.6) is 0 Å². The molecule has 1 aromatic rings. The van der Waals surface area contributed by atoms with Crippen molar-refractivity contribution in [2.24, 2.45) is 10.7 Å². The zero-order chi connectivity index (χ0) is 16.7. The molecule has 4 heteroatoms. The molecule has 23 heavy (non-hydrogen) atoms. The minimum absolute atomic E-state index is 0.481. The average Bonchev–Trinajstić information content (AvgIpc) is 2.54. The molecule has 1 unspecified atom stereocenters. The second-order valence-electron chi connectivity index (χ2n) is 6.60. The molecule has 4 nitrogen and oxygen atoms in total. The second-order valence-corrected chi connectivity index (χ2v) is 6.60. The fraction of sp³-hybridized carbons (Fsp3) is 0.526. The molecule has 1 heterocycles. The summed E-state index contributed by atoms with van der Waals surface area (Å²) in [5.41, 5.74) is 9.57. The van der Waals surface area contributed by atoms with E-state index in [-0.39, 0.29) is 0 Å². The topological polar surface area (TPSA) is 53.6 Å². The maximum Gasteiger partial charge on any atom is 0.189 e. The third-order valence-corrected chi connectivity index (χ3v) is 4.42. The Morgan fingerprint density at radius 3 is 2.78 bits per heavy atom. The van der Waals surface area contributed by atoms with Crippen LogP contribution in [0.25, 0.3) is 0 Å². The van der Waals surface area contributed by atoms with E-state index in [2.05, 4.69) is 53.0 Å². The summed E-state index contributed by atoms with van der Waals surface area (Å²) in [6.45, 7) is 11.6. The van der Waals surface area contributed by atoms with Crippen LogP contribution in [0.3, 0.4) is 0 Å². The lowest BCUT2D eigenvalue weighted by Gasteiger charge is -2.33. The lowest BCUT2D eigenvalue weighted by atomic mass is 10.0. The Labute approximate surface area is 140 Å². The van der Waals surface area contributed by atoms with Crippen LogP contribution in [0.4, 0.5) is 0 Å². The van der Waals surface area contributed by atoms with E-state index >= 15 is 0 Å². The van der Waals surface area contributed by atoms with Gasteiger partial charge in [0.2, 0.25) is 0 Å². The Balaban J connectivity index is 1.99. The fourth-order valence-electron chi connectivity index (χ4n) is 2.94. The van der Waals surface area contributed by atoms with Crippen LogP contribution in [0.15, 0.2) is 41.4 Å². The molecule has 0 bridgehead atoms. The predicted molar refractivity (Wildman–Crippen MR) is 98.3 cm³/mol. The van der Waals surface area contributed by atoms with Gasteiger partial charge in [-0.25, -0.2) is 4.99 Å². The Bertz CT molecular complexity index is 550. The van der Waals surface area contributed by atoms with Crippen LogP contribution in [0.1, 0.15) is 44.2 Å². The van der Waals surface area contributed by atoms with E-state index in [1.807, 2.05) is 6.92 Å². The highest BCUT2D eigenvalue weighted by molar-refractivity contribution is 5.78. The van der Waals surface area contributed by atoms with Crippen molar-refractivity contribution in [1.82, 2.24) is 10.2 Å². The number of nitrogens with zero attached hydrogens (tertiary/aromatic N) is 2. The zero-order valence-electron chi connectivity index (χ0n) is 14.5. The summed E-state index contributed by atoms with van der Waals surface area (Å²) in [5.74, 6) is 0.481. The van der Waals surface area contributed by atoms with Gasteiger partial charge in [0.1, 0.15) is 0 Å². The van der Waals surface area contributed by atoms with Crippen molar-refractivity contribution in [2.45, 2.75) is 52.2 Å². The first-order valence-corrected chi connectivity index (χ1v) is 8.55. The molecule has 1 fully saturated rings. The van der Waals surface area contributed by atoms with Crippen molar-refractivity contribution in [1.29, 1.82) is 0 Å². The number of hydrogen-bond donors (Lipinski definition) is 2. The van der Waals surface area contributed by atoms with Crippen molar-refractivity contribution >= 4 is 5.96 Å². The highest BCUT2D eigenvalue weighted by atomic mass is 15.2. The van der Waals surface area contributed by atoms with Gasteiger partial charge >= 0.3 is 0 Å². The van der Waals surface area contributed by atoms with Crippen LogP contribution in [-0.2, 0) is 13.1 Å². The average molecular weight is 314 g/mol. The van der Waals surface area contributed by atoms with Gasteiger partial charge in [-0.1, -0.05) is 42.8 Å². The van der Waals surface area contributed by atoms with E-state index in [9.17, 15) is 0 Å². The van der Waals surface area contributed by atoms with Gasteiger partial charge in [-0.3, -0.25) is 4.90 Å². The van der Waals surface area contributed by atoms with E-state index in [1.54, 1.807) is 0 Å². The minimum Gasteiger partial charge on any atom is -0.370 e. The number of aliphatic imine (C=N–C) groups is 1. The molecule has 0 radical (unpaired) electrons. The summed E-state index contributed by atoms with van der Waals surface area (Å²) < 4.78 is 0. The first-order chi connectivity index (χ1) is 11.1. The molecule has 2 rings (SSSR count). The van der Waals surface area contributed by atoms with E-state index < -0.39 is 0 Å². The fourth-order valence-corrected chi connectivity index (χ4v) is 2.94. The summed E-state index contributed by atoms with van der Waals surface area (Å²) in [7, 11) is 0. The molecule has 0 saturated carbocycles. The standard InChI is InChI=1S/C19H30N4/c1-15(2)12-21-19(20)22-13-17-9-4-5-10-18(17)14-23-11-7-6-8-16(23)3/h4-5,9-10,16H,1,6-8,11-14H2,2-3H3,(H3,20,21,22). The summed E-state index contributed by atoms with van der Waals surface area (Å²) in [4.78, 5) is 7.04. The SMILES string of the molecule is C=C(C)CNC(N)=NCc1ccccc1CN1CCCCC1C. The largest absolute Gasteiger partial charge is 0.370 e. The van der Waals surface area contributed by atoms with Gasteiger partial charge < -0.3 is 11.1 Å². The number of likely N-dealkylation sites (tertiary alicyclic amines) is 1. The number of nitrogens with two attached hydrogens (primary N) is 1. The monoisotopic (exact) mass is 314 g/mol. The van der Waals surface area contributed by atoms with Gasteiger partial charge in [0.05, 0.1) is 6.54 Å². The van der Waals surface area contributed by atoms with Gasteiger partial charge in [0, 0.05) is 19.1 Å². The van der Waals surface area contributed by atoms with Crippen molar-refractivity contribution in [2.75, 3.05) is 13.1 Å². The van der Waals surface area contributed by atoms with Crippen LogP contribution < -0.4 is 11.1 Å². The Hall–Kier alpha value is -1.81. The minimum atomic E-state index is 0.481. The predicted octanol–water partition coefficient (Wildman–Crippen LogP) is 3.04. The van der Waals surface area contributed by atoms with Crippen LogP contribution >= 0.6 is 0 Å². The number of nitrogens with one attached hydrogen (secondary N) is 1. The number of guanidine groups is 1. The molecular weight excluding hydrogens is 284 g/mol. The molecular formula is C19H30N4. The molecule has 0 amide bonds. The van der Waals surface area contributed by atoms with Crippen LogP contribution in [0.2, 0.25) is 0 Å². The van der Waals surface area contributed by atoms with Gasteiger partial charge in [0.15, 0.2) is 5.96 Å². The number of hydrogen-bond acceptors (Lipinski definition) is 2. The smallest absolute Gasteiger partial charge is 0.189 e. The molecule has 1 aliphatic heterocycles. The summed E-state index contributed by atoms with van der Waals surface area (Å²) in [6.07, 6.45) is 3.97. The summed E-state index contributed by atoms with van der Waals surface area (Å²) >= 11 is 0. The lowest BCUT2D eigenvalue weighted by Crippen LogP contribution is -2.37. The molecule has 0 spiro atoms. The Kier molecular flexibility index (Phi) is 6.66. The second kappa shape index (κ2) is 8.73. The molecule has 0 aromatic heterocycles. The molecule has 1 aromatic carbocycles. The van der Waals surface area contributed by atoms with Crippen molar-refractivity contribution in [3.05, 3.63) is 47.5 Å². The highest BCUT2D eigenvalue weighted by Gasteiger charge is 2.18. The number of benzene rings is 1. The molecule has 1 saturated heterocycles. The van der Waals surface area contributed by atoms with E-state index in [0.717, 1.165) is 12.1 Å². The van der Waals surface area contributed by atoms with Crippen LogP contribution in [-0.4, -0.2) is 30.0 Å². The first kappa shape index (κ1) is 17.5. The lowest BCUT2D eigenvalue weighted by molar-refractivity contribution is 0.152. The normalized spacial score (nSPS) is 19.6. The van der Waals surface area contributed by atoms with Gasteiger partial charge in [0.25, 0.3) is 0 Å². The zero-order valence-corrected chi connectivity index (χ0v) is 14.5. The van der Waals surface area contributed by atoms with Gasteiger partial charge in [-0.2, -0.15) is 0 Å². The maximum atomic E-state index is 5.91. The van der Waals surface area contributed by atoms with E-state index in [0.29, 0.717) is 25.1 Å². The van der Waals surface area contributed by atoms with Crippen LogP contribution in [0, 0.1) is 0 Å². The molecule has 0 aliphatic carbocycles. The maximum absolute atomic E-state index is 5.91. The Morgan fingerprint density at radius 2 is 2.09 bits per heavy atom. The molecule has 126 valence electrons. The van der Waals surface area contributed by atoms with E-state index in [1.165, 1.54) is 36.9 Å². The summed E-state index contributed by atoms with van der Waals surface area (Å²) in [6, 6.07) is 9.22. The molecule has 1 aliphatic rings. The van der Waals surface area contributed by atoms with Gasteiger partial charge in [-0.05, 0) is 44.4 Å². The molecule has 1 atom stereocenters. The summed E-state index contributed by atoms with van der Waals surface area (Å²) in [5, 5.41) is 3.08. The third-order valence-electron chi connectivity index (χ3n) is 4.42. The quantitative estimate of drug-likeness (QED) is 0.482. The van der Waals surface area contributed by atoms with Crippen molar-refractivity contribution < 1.29 is 0 Å². The highest BCUT2D eigenvalue weighted by Crippen LogP contribution is 2.21. The third kappa shape index (κ3) is 5.71. The first-order valence-electron chi connectivity index (χ1n) is 8.55. The van der Waals surface area contributed by atoms with E-state index in [4.69, 9.17) is 5.73 Å². The Morgan fingerprint density at radius 1 is 1.35 bits per heavy atom. The molecule has 3 N–H and O–H groups in total. The van der Waals surface area contributed by atoms with Crippen molar-refractivity contribution in [3.63, 3.8) is 0 Å². The number of piperidine rings is 1. The number of rotatable bonds is 6. The van der Waals surface area contributed by atoms with Crippen molar-refractivity contribution in [3.8, 4) is 0 Å².